The van der Waals surface area contributed by atoms with Gasteiger partial charge in [0.2, 0.25) is 0 Å². The second kappa shape index (κ2) is 7.43. The van der Waals surface area contributed by atoms with Gasteiger partial charge in [0.05, 0.1) is 16.7 Å². The van der Waals surface area contributed by atoms with Crippen LogP contribution in [0.1, 0.15) is 21.2 Å². The zero-order valence-electron chi connectivity index (χ0n) is 14.6. The molecule has 8 nitrogen and oxygen atoms in total. The number of nitro benzene ring substituents is 1. The minimum Gasteiger partial charge on any atom is -0.339 e. The average Bonchev–Trinajstić information content (AvgIpc) is 3.19. The Balaban J connectivity index is 1.68. The predicted molar refractivity (Wildman–Crippen MR) is 105 cm³/mol. The zero-order chi connectivity index (χ0) is 19.7. The Morgan fingerprint density at radius 2 is 2.00 bits per heavy atom. The molecule has 0 saturated carbocycles. The van der Waals surface area contributed by atoms with Crippen LogP contribution in [-0.2, 0) is 4.79 Å². The lowest BCUT2D eigenvalue weighted by Gasteiger charge is -2.36. The summed E-state index contributed by atoms with van der Waals surface area (Å²) in [5, 5.41) is 14.1. The Hall–Kier alpha value is -3.20. The molecule has 2 unspecified atom stereocenters. The molecular weight excluding hydrogens is 380 g/mol. The summed E-state index contributed by atoms with van der Waals surface area (Å²) >= 11 is 1.34. The van der Waals surface area contributed by atoms with Gasteiger partial charge >= 0.3 is 0 Å². The van der Waals surface area contributed by atoms with E-state index in [1.54, 1.807) is 47.4 Å². The normalized spacial score (nSPS) is 21.1. The van der Waals surface area contributed by atoms with Gasteiger partial charge in [-0.1, -0.05) is 42.1 Å². The number of rotatable bonds is 4. The molecule has 0 bridgehead atoms. The lowest BCUT2D eigenvalue weighted by atomic mass is 10.0. The Bertz CT molecular complexity index is 979. The van der Waals surface area contributed by atoms with Crippen molar-refractivity contribution in [1.82, 2.24) is 10.2 Å². The van der Waals surface area contributed by atoms with Crippen LogP contribution in [-0.4, -0.2) is 45.9 Å². The van der Waals surface area contributed by atoms with Gasteiger partial charge in [0.1, 0.15) is 6.04 Å². The van der Waals surface area contributed by atoms with Gasteiger partial charge in [0, 0.05) is 24.2 Å². The second-order valence-corrected chi connectivity index (χ2v) is 7.47. The summed E-state index contributed by atoms with van der Waals surface area (Å²) in [4.78, 5) is 42.3. The van der Waals surface area contributed by atoms with Gasteiger partial charge in [-0.2, -0.15) is 0 Å². The standard InChI is InChI=1S/C19H16N4O4S/c24-17(12-5-2-1-3-6-12)21-15-16(13-7-4-8-14(11-13)23(26)27)28-19-20-9-10-22(19)18(15)25/h1-8,11,15-16H,9-10H2,(H,21,24). The largest absolute Gasteiger partial charge is 0.339 e. The lowest BCUT2D eigenvalue weighted by Crippen LogP contribution is -2.55. The molecule has 1 fully saturated rings. The summed E-state index contributed by atoms with van der Waals surface area (Å²) < 4.78 is 0. The van der Waals surface area contributed by atoms with E-state index in [0.29, 0.717) is 29.4 Å². The number of hydrogen-bond acceptors (Lipinski definition) is 6. The third-order valence-electron chi connectivity index (χ3n) is 4.60. The quantitative estimate of drug-likeness (QED) is 0.631. The number of amides is 2. The summed E-state index contributed by atoms with van der Waals surface area (Å²) in [7, 11) is 0. The van der Waals surface area contributed by atoms with Gasteiger partial charge < -0.3 is 5.32 Å². The number of benzene rings is 2. The third-order valence-corrected chi connectivity index (χ3v) is 5.96. The molecule has 142 valence electrons. The van der Waals surface area contributed by atoms with E-state index in [1.807, 2.05) is 0 Å². The maximum atomic E-state index is 13.1. The Morgan fingerprint density at radius 1 is 1.21 bits per heavy atom. The van der Waals surface area contributed by atoms with E-state index < -0.39 is 16.2 Å². The van der Waals surface area contributed by atoms with Crippen LogP contribution in [0, 0.1) is 10.1 Å². The van der Waals surface area contributed by atoms with Crippen molar-refractivity contribution in [2.45, 2.75) is 11.3 Å². The van der Waals surface area contributed by atoms with E-state index in [-0.39, 0.29) is 17.5 Å². The Labute approximate surface area is 164 Å². The number of thioether (sulfide) groups is 1. The molecule has 1 N–H and O–H groups in total. The number of aliphatic imine (C=N–C) groups is 1. The minimum atomic E-state index is -0.850. The highest BCUT2D eigenvalue weighted by molar-refractivity contribution is 8.14. The Morgan fingerprint density at radius 3 is 2.75 bits per heavy atom. The fourth-order valence-corrected chi connectivity index (χ4v) is 4.54. The smallest absolute Gasteiger partial charge is 0.269 e. The summed E-state index contributed by atoms with van der Waals surface area (Å²) in [6.45, 7) is 0.982. The minimum absolute atomic E-state index is 0.0607. The maximum Gasteiger partial charge on any atom is 0.269 e. The molecule has 2 atom stereocenters. The molecule has 4 rings (SSSR count). The number of hydrogen-bond donors (Lipinski definition) is 1. The molecule has 2 aliphatic heterocycles. The molecule has 2 heterocycles. The monoisotopic (exact) mass is 396 g/mol. The van der Waals surface area contributed by atoms with Crippen molar-refractivity contribution < 1.29 is 14.5 Å². The Kier molecular flexibility index (Phi) is 4.82. The van der Waals surface area contributed by atoms with E-state index in [4.69, 9.17) is 0 Å². The first-order valence-corrected chi connectivity index (χ1v) is 9.55. The van der Waals surface area contributed by atoms with Gasteiger partial charge in [0.15, 0.2) is 5.17 Å². The number of nitrogens with one attached hydrogen (secondary N) is 1. The van der Waals surface area contributed by atoms with Crippen molar-refractivity contribution in [1.29, 1.82) is 0 Å². The van der Waals surface area contributed by atoms with E-state index in [9.17, 15) is 19.7 Å². The number of carbonyl (C=O) groups excluding carboxylic acids is 2. The molecule has 2 aromatic carbocycles. The van der Waals surface area contributed by atoms with E-state index >= 15 is 0 Å². The zero-order valence-corrected chi connectivity index (χ0v) is 15.5. The first-order valence-electron chi connectivity index (χ1n) is 8.67. The summed E-state index contributed by atoms with van der Waals surface area (Å²) in [5.74, 6) is -0.620. The molecule has 0 radical (unpaired) electrons. The van der Waals surface area contributed by atoms with Crippen molar-refractivity contribution in [2.24, 2.45) is 4.99 Å². The van der Waals surface area contributed by atoms with E-state index in [2.05, 4.69) is 10.3 Å². The first-order chi connectivity index (χ1) is 13.5. The van der Waals surface area contributed by atoms with E-state index in [1.165, 1.54) is 23.9 Å². The van der Waals surface area contributed by atoms with Crippen LogP contribution in [0.25, 0.3) is 0 Å². The molecular formula is C19H16N4O4S. The van der Waals surface area contributed by atoms with E-state index in [0.717, 1.165) is 0 Å². The number of nitro groups is 1. The van der Waals surface area contributed by atoms with Crippen LogP contribution < -0.4 is 5.32 Å². The third kappa shape index (κ3) is 3.36. The SMILES string of the molecule is O=C(NC1C(=O)N2CCN=C2SC1c1cccc([N+](=O)[O-])c1)c1ccccc1. The number of amidine groups is 1. The number of non-ortho nitro benzene ring substituents is 1. The van der Waals surface area contributed by atoms with Crippen LogP contribution in [0.5, 0.6) is 0 Å². The summed E-state index contributed by atoms with van der Waals surface area (Å²) in [6, 6.07) is 13.9. The van der Waals surface area contributed by atoms with Crippen LogP contribution in [0.3, 0.4) is 0 Å². The maximum absolute atomic E-state index is 13.1. The molecule has 2 amide bonds. The lowest BCUT2D eigenvalue weighted by molar-refractivity contribution is -0.384. The van der Waals surface area contributed by atoms with Gasteiger partial charge in [-0.3, -0.25) is 29.6 Å². The summed E-state index contributed by atoms with van der Waals surface area (Å²) in [5.41, 5.74) is 0.980. The van der Waals surface area contributed by atoms with Gasteiger partial charge in [-0.25, -0.2) is 0 Å². The highest BCUT2D eigenvalue weighted by Gasteiger charge is 2.44. The van der Waals surface area contributed by atoms with Crippen molar-refractivity contribution in [3.05, 3.63) is 75.8 Å². The second-order valence-electron chi connectivity index (χ2n) is 6.36. The molecule has 28 heavy (non-hydrogen) atoms. The van der Waals surface area contributed by atoms with Crippen molar-refractivity contribution in [3.63, 3.8) is 0 Å². The van der Waals surface area contributed by atoms with Crippen molar-refractivity contribution in [3.8, 4) is 0 Å². The predicted octanol–water partition coefficient (Wildman–Crippen LogP) is 2.38. The van der Waals surface area contributed by atoms with Crippen LogP contribution in [0.15, 0.2) is 59.6 Å². The average molecular weight is 396 g/mol. The molecule has 2 aliphatic rings. The number of fused-ring (bicyclic) bond motifs is 1. The molecule has 0 aliphatic carbocycles. The molecule has 0 aromatic heterocycles. The number of nitrogens with zero attached hydrogens (tertiary/aromatic N) is 3. The molecule has 2 aromatic rings. The fraction of sp³-hybridized carbons (Fsp3) is 0.211. The van der Waals surface area contributed by atoms with Crippen molar-refractivity contribution in [2.75, 3.05) is 13.1 Å². The van der Waals surface area contributed by atoms with Crippen LogP contribution in [0.2, 0.25) is 0 Å². The fourth-order valence-electron chi connectivity index (χ4n) is 3.24. The van der Waals surface area contributed by atoms with Gasteiger partial charge in [0.25, 0.3) is 17.5 Å². The molecule has 1 saturated heterocycles. The van der Waals surface area contributed by atoms with Crippen LogP contribution in [0.4, 0.5) is 5.69 Å². The van der Waals surface area contributed by atoms with Gasteiger partial charge in [-0.05, 0) is 17.7 Å². The highest BCUT2D eigenvalue weighted by atomic mass is 32.2. The molecule has 9 heteroatoms. The highest BCUT2D eigenvalue weighted by Crippen LogP contribution is 2.41. The topological polar surface area (TPSA) is 105 Å². The van der Waals surface area contributed by atoms with Crippen LogP contribution >= 0.6 is 11.8 Å². The van der Waals surface area contributed by atoms with Crippen molar-refractivity contribution >= 4 is 34.4 Å². The number of carbonyl (C=O) groups is 2. The summed E-state index contributed by atoms with van der Waals surface area (Å²) in [6.07, 6.45) is 0. The molecule has 0 spiro atoms. The van der Waals surface area contributed by atoms with Gasteiger partial charge in [-0.15, -0.1) is 0 Å². The first kappa shape index (κ1) is 18.2.